The van der Waals surface area contributed by atoms with E-state index in [1.165, 1.54) is 16.3 Å². The van der Waals surface area contributed by atoms with Gasteiger partial charge in [-0.3, -0.25) is 4.98 Å². The number of aliphatic hydroxyl groups is 1. The van der Waals surface area contributed by atoms with E-state index in [0.29, 0.717) is 11.8 Å². The van der Waals surface area contributed by atoms with Crippen LogP contribution in [0.5, 0.6) is 5.75 Å². The van der Waals surface area contributed by atoms with Crippen LogP contribution in [-0.2, 0) is 6.54 Å². The molecule has 5 atom stereocenters. The quantitative estimate of drug-likeness (QED) is 0.157. The van der Waals surface area contributed by atoms with Crippen LogP contribution >= 0.6 is 0 Å². The Bertz CT molecular complexity index is 1660. The molecule has 3 saturated heterocycles. The van der Waals surface area contributed by atoms with E-state index < -0.39 is 6.10 Å². The van der Waals surface area contributed by atoms with Crippen LogP contribution in [0.1, 0.15) is 30.1 Å². The van der Waals surface area contributed by atoms with E-state index in [0.717, 1.165) is 70.2 Å². The predicted molar refractivity (Wildman–Crippen MR) is 156 cm³/mol. The van der Waals surface area contributed by atoms with Gasteiger partial charge in [-0.25, -0.2) is 4.98 Å². The Morgan fingerprint density at radius 1 is 1.00 bits per heavy atom. The zero-order valence-electron chi connectivity index (χ0n) is 22.3. The second kappa shape index (κ2) is 9.44. The number of nitrogens with zero attached hydrogens (tertiary/aromatic N) is 3. The lowest BCUT2D eigenvalue weighted by Crippen LogP contribution is -2.67. The molecule has 0 aliphatic carbocycles. The smallest absolute Gasteiger partial charge is 0.131 e. The van der Waals surface area contributed by atoms with Gasteiger partial charge in [-0.2, -0.15) is 0 Å². The number of para-hydroxylation sites is 2. The third kappa shape index (κ3) is 3.91. The summed E-state index contributed by atoms with van der Waals surface area (Å²) in [6.45, 7) is 7.12. The summed E-state index contributed by atoms with van der Waals surface area (Å²) in [4.78, 5) is 9.56. The molecule has 3 aliphatic heterocycles. The van der Waals surface area contributed by atoms with Crippen LogP contribution in [0.15, 0.2) is 91.6 Å². The van der Waals surface area contributed by atoms with Crippen LogP contribution in [0.3, 0.4) is 0 Å². The lowest BCUT2D eigenvalue weighted by molar-refractivity contribution is -0.984. The Balaban J connectivity index is 1.39. The molecule has 3 fully saturated rings. The summed E-state index contributed by atoms with van der Waals surface area (Å²) in [5, 5.41) is 15.6. The summed E-state index contributed by atoms with van der Waals surface area (Å²) >= 11 is 0. The second-order valence-electron chi connectivity index (χ2n) is 11.4. The van der Waals surface area contributed by atoms with E-state index in [4.69, 9.17) is 9.72 Å². The number of benzene rings is 3. The standard InChI is InChI=1S/C34H34N3O2/c1-3-22-20-37(21-29-25-8-4-6-10-31(25)36-32-11-7-5-9-26(29)32)17-15-23(22)18-33(37)34(38)27-14-16-35-30-13-12-24(39-2)19-28(27)30/h3-14,16,19,22-23,33-34,38H,1,15,17-18,20-21H2,2H3/q+1/t22-,23-,33-,34?,37-/m0/s1. The fourth-order valence-electron chi connectivity index (χ4n) is 7.53. The number of pyridine rings is 2. The van der Waals surface area contributed by atoms with E-state index >= 15 is 0 Å². The van der Waals surface area contributed by atoms with E-state index in [-0.39, 0.29) is 6.04 Å². The van der Waals surface area contributed by atoms with Gasteiger partial charge in [0.05, 0.1) is 36.7 Å². The molecule has 196 valence electrons. The molecule has 3 aromatic carbocycles. The van der Waals surface area contributed by atoms with Crippen LogP contribution < -0.4 is 4.74 Å². The summed E-state index contributed by atoms with van der Waals surface area (Å²) in [7, 11) is 1.68. The minimum absolute atomic E-state index is 0.0717. The van der Waals surface area contributed by atoms with Crippen molar-refractivity contribution in [3.63, 3.8) is 0 Å². The monoisotopic (exact) mass is 516 g/mol. The van der Waals surface area contributed by atoms with Gasteiger partial charge in [0.2, 0.25) is 0 Å². The molecular weight excluding hydrogens is 482 g/mol. The number of methoxy groups -OCH3 is 1. The van der Waals surface area contributed by atoms with Gasteiger partial charge in [0.1, 0.15) is 24.4 Å². The number of ether oxygens (including phenoxy) is 1. The Labute approximate surface area is 229 Å². The Morgan fingerprint density at radius 2 is 1.74 bits per heavy atom. The van der Waals surface area contributed by atoms with Crippen LogP contribution in [0.25, 0.3) is 32.7 Å². The first-order valence-corrected chi connectivity index (χ1v) is 14.0. The van der Waals surface area contributed by atoms with Crippen molar-refractivity contribution in [3.05, 3.63) is 103 Å². The lowest BCUT2D eigenvalue weighted by atomic mass is 9.71. The van der Waals surface area contributed by atoms with Crippen molar-refractivity contribution < 1.29 is 14.3 Å². The van der Waals surface area contributed by atoms with Gasteiger partial charge in [0.15, 0.2) is 0 Å². The summed E-state index contributed by atoms with van der Waals surface area (Å²) in [6, 6.07) is 25.0. The molecule has 5 heterocycles. The molecular formula is C34H34N3O2+. The van der Waals surface area contributed by atoms with E-state index in [2.05, 4.69) is 66.2 Å². The first-order valence-electron chi connectivity index (χ1n) is 14.0. The van der Waals surface area contributed by atoms with Gasteiger partial charge in [0.25, 0.3) is 0 Å². The van der Waals surface area contributed by atoms with Gasteiger partial charge >= 0.3 is 0 Å². The highest BCUT2D eigenvalue weighted by Crippen LogP contribution is 2.49. The van der Waals surface area contributed by atoms with Crippen molar-refractivity contribution in [2.24, 2.45) is 11.8 Å². The molecule has 5 heteroatoms. The largest absolute Gasteiger partial charge is 0.497 e. The van der Waals surface area contributed by atoms with Crippen molar-refractivity contribution in [3.8, 4) is 5.75 Å². The van der Waals surface area contributed by atoms with E-state index in [1.807, 2.05) is 30.5 Å². The summed E-state index contributed by atoms with van der Waals surface area (Å²) in [6.07, 6.45) is 5.51. The summed E-state index contributed by atoms with van der Waals surface area (Å²) < 4.78 is 6.38. The molecule has 2 aromatic heterocycles. The summed E-state index contributed by atoms with van der Waals surface area (Å²) in [5.74, 6) is 1.78. The topological polar surface area (TPSA) is 55.2 Å². The van der Waals surface area contributed by atoms with Crippen molar-refractivity contribution in [2.45, 2.75) is 31.5 Å². The highest BCUT2D eigenvalue weighted by molar-refractivity contribution is 5.97. The first-order chi connectivity index (χ1) is 19.1. The number of aromatic nitrogens is 2. The molecule has 5 nitrogen and oxygen atoms in total. The van der Waals surface area contributed by atoms with Gasteiger partial charge in [-0.05, 0) is 47.9 Å². The third-order valence-corrected chi connectivity index (χ3v) is 9.51. The maximum absolute atomic E-state index is 12.2. The van der Waals surface area contributed by atoms with Crippen molar-refractivity contribution >= 4 is 32.7 Å². The molecule has 0 spiro atoms. The van der Waals surface area contributed by atoms with E-state index in [9.17, 15) is 5.11 Å². The fraction of sp³-hybridized carbons (Fsp3) is 0.294. The molecule has 3 aliphatic rings. The predicted octanol–water partition coefficient (Wildman–Crippen LogP) is 6.59. The Morgan fingerprint density at radius 3 is 2.46 bits per heavy atom. The van der Waals surface area contributed by atoms with Gasteiger partial charge < -0.3 is 14.3 Å². The van der Waals surface area contributed by atoms with Crippen molar-refractivity contribution in [1.82, 2.24) is 9.97 Å². The second-order valence-corrected chi connectivity index (χ2v) is 11.4. The zero-order valence-corrected chi connectivity index (χ0v) is 22.3. The number of aliphatic hydroxyl groups excluding tert-OH is 1. The fourth-order valence-corrected chi connectivity index (χ4v) is 7.53. The van der Waals surface area contributed by atoms with Crippen molar-refractivity contribution in [2.75, 3.05) is 20.2 Å². The number of rotatable bonds is 6. The van der Waals surface area contributed by atoms with Gasteiger partial charge in [0, 0.05) is 46.7 Å². The molecule has 8 rings (SSSR count). The minimum Gasteiger partial charge on any atom is -0.497 e. The van der Waals surface area contributed by atoms with Crippen molar-refractivity contribution in [1.29, 1.82) is 0 Å². The lowest BCUT2D eigenvalue weighted by Gasteiger charge is -2.58. The minimum atomic E-state index is -0.615. The van der Waals surface area contributed by atoms with Gasteiger partial charge in [-0.15, -0.1) is 6.58 Å². The Kier molecular flexibility index (Phi) is 5.87. The summed E-state index contributed by atoms with van der Waals surface area (Å²) in [5.41, 5.74) is 5.21. The first kappa shape index (κ1) is 24.3. The number of hydrogen-bond acceptors (Lipinski definition) is 4. The molecule has 5 aromatic rings. The van der Waals surface area contributed by atoms with Crippen LogP contribution in [0.2, 0.25) is 0 Å². The molecule has 1 N–H and O–H groups in total. The third-order valence-electron chi connectivity index (χ3n) is 9.51. The molecule has 0 radical (unpaired) electrons. The molecule has 39 heavy (non-hydrogen) atoms. The maximum atomic E-state index is 12.2. The maximum Gasteiger partial charge on any atom is 0.131 e. The van der Waals surface area contributed by atoms with Gasteiger partial charge in [-0.1, -0.05) is 42.5 Å². The van der Waals surface area contributed by atoms with E-state index in [1.54, 1.807) is 7.11 Å². The number of piperidine rings is 3. The SMILES string of the molecule is C=C[C@H]1C[N@+]2(Cc3c4ccccc4nc4ccccc34)CC[C@H]1C[C@H]2C(O)c1ccnc2ccc(OC)cc12. The average molecular weight is 517 g/mol. The highest BCUT2D eigenvalue weighted by Gasteiger charge is 2.54. The normalized spacial score (nSPS) is 25.2. The highest BCUT2D eigenvalue weighted by atomic mass is 16.5. The van der Waals surface area contributed by atoms with Crippen LogP contribution in [0, 0.1) is 11.8 Å². The molecule has 0 saturated carbocycles. The molecule has 2 bridgehead atoms. The number of quaternary nitrogens is 1. The molecule has 0 amide bonds. The van der Waals surface area contributed by atoms with Crippen LogP contribution in [0.4, 0.5) is 0 Å². The number of fused-ring (bicyclic) bond motifs is 6. The zero-order chi connectivity index (χ0) is 26.6. The van der Waals surface area contributed by atoms with Crippen LogP contribution in [-0.4, -0.2) is 45.8 Å². The number of hydrogen-bond donors (Lipinski definition) is 1. The average Bonchev–Trinajstić information content (AvgIpc) is 3.00. The Hall–Kier alpha value is -3.80. The molecule has 1 unspecified atom stereocenters.